The first kappa shape index (κ1) is 25.6. The Hall–Kier alpha value is -2.97. The molecule has 0 aromatic heterocycles. The van der Waals surface area contributed by atoms with Crippen molar-refractivity contribution in [3.05, 3.63) is 90.0 Å². The maximum Gasteiger partial charge on any atom is 0.264 e. The average Bonchev–Trinajstić information content (AvgIpc) is 2.86. The number of carbonyl (C=O) groups excluding carboxylic acids is 1. The highest BCUT2D eigenvalue weighted by Gasteiger charge is 2.27. The number of sulfonamides is 1. The van der Waals surface area contributed by atoms with Crippen molar-refractivity contribution >= 4 is 33.4 Å². The van der Waals surface area contributed by atoms with Gasteiger partial charge in [0.1, 0.15) is 12.3 Å². The van der Waals surface area contributed by atoms with Crippen molar-refractivity contribution in [2.45, 2.75) is 24.0 Å². The summed E-state index contributed by atoms with van der Waals surface area (Å²) < 4.78 is 33.1. The van der Waals surface area contributed by atoms with Crippen LogP contribution in [0.1, 0.15) is 17.5 Å². The molecule has 1 N–H and O–H groups in total. The number of aryl methyl sites for hydroxylation is 1. The van der Waals surface area contributed by atoms with Crippen molar-refractivity contribution in [3.8, 4) is 5.75 Å². The second-order valence-corrected chi connectivity index (χ2v) is 10.7. The number of thioether (sulfide) groups is 1. The molecular formula is C26H30N2O4S2. The van der Waals surface area contributed by atoms with Crippen molar-refractivity contribution in [2.24, 2.45) is 0 Å². The van der Waals surface area contributed by atoms with Crippen LogP contribution in [0.25, 0.3) is 0 Å². The lowest BCUT2D eigenvalue weighted by Crippen LogP contribution is -2.41. The van der Waals surface area contributed by atoms with E-state index >= 15 is 0 Å². The summed E-state index contributed by atoms with van der Waals surface area (Å²) in [6.45, 7) is 2.12. The third kappa shape index (κ3) is 7.27. The monoisotopic (exact) mass is 498 g/mol. The van der Waals surface area contributed by atoms with Gasteiger partial charge < -0.3 is 10.1 Å². The van der Waals surface area contributed by atoms with Crippen molar-refractivity contribution in [2.75, 3.05) is 30.3 Å². The number of anilines is 1. The third-order valence-corrected chi connectivity index (χ3v) is 8.06. The Morgan fingerprint density at radius 3 is 2.29 bits per heavy atom. The van der Waals surface area contributed by atoms with Crippen molar-refractivity contribution in [1.29, 1.82) is 0 Å². The minimum absolute atomic E-state index is 0.0963. The number of nitrogens with zero attached hydrogens (tertiary/aromatic N) is 1. The molecular weight excluding hydrogens is 468 g/mol. The van der Waals surface area contributed by atoms with Gasteiger partial charge in [-0.05, 0) is 61.1 Å². The number of amides is 1. The molecule has 0 saturated heterocycles. The Labute approximate surface area is 206 Å². The molecule has 0 aliphatic rings. The van der Waals surface area contributed by atoms with Crippen LogP contribution in [0, 0.1) is 6.92 Å². The van der Waals surface area contributed by atoms with E-state index in [0.717, 1.165) is 27.8 Å². The van der Waals surface area contributed by atoms with Gasteiger partial charge in [-0.3, -0.25) is 9.10 Å². The Morgan fingerprint density at radius 2 is 1.65 bits per heavy atom. The van der Waals surface area contributed by atoms with Crippen LogP contribution >= 0.6 is 11.8 Å². The zero-order chi connectivity index (χ0) is 24.4. The zero-order valence-electron chi connectivity index (χ0n) is 19.4. The Bertz CT molecular complexity index is 1150. The van der Waals surface area contributed by atoms with Crippen LogP contribution in [0.5, 0.6) is 5.75 Å². The van der Waals surface area contributed by atoms with Crippen LogP contribution in [0.15, 0.2) is 83.8 Å². The SMILES string of the molecule is COc1ccc(S(=O)(=O)N(CC(=O)NCCCSCc2ccccc2)c2ccc(C)cc2)cc1. The molecule has 0 aliphatic carbocycles. The minimum atomic E-state index is -3.94. The van der Waals surface area contributed by atoms with E-state index in [1.54, 1.807) is 36.0 Å². The zero-order valence-corrected chi connectivity index (χ0v) is 21.1. The molecule has 3 aromatic rings. The predicted octanol–water partition coefficient (Wildman–Crippen LogP) is 4.64. The van der Waals surface area contributed by atoms with E-state index in [4.69, 9.17) is 4.74 Å². The Kier molecular flexibility index (Phi) is 9.42. The highest BCUT2D eigenvalue weighted by Crippen LogP contribution is 2.25. The Balaban J connectivity index is 1.61. The fraction of sp³-hybridized carbons (Fsp3) is 0.269. The molecule has 0 radical (unpaired) electrons. The highest BCUT2D eigenvalue weighted by molar-refractivity contribution is 7.98. The molecule has 0 fully saturated rings. The molecule has 34 heavy (non-hydrogen) atoms. The van der Waals surface area contributed by atoms with Crippen LogP contribution in [0.4, 0.5) is 5.69 Å². The number of benzene rings is 3. The van der Waals surface area contributed by atoms with Crippen LogP contribution < -0.4 is 14.4 Å². The van der Waals surface area contributed by atoms with E-state index in [2.05, 4.69) is 17.4 Å². The molecule has 0 aliphatic heterocycles. The van der Waals surface area contributed by atoms with Gasteiger partial charge in [0.2, 0.25) is 5.91 Å². The second kappa shape index (κ2) is 12.5. The van der Waals surface area contributed by atoms with Gasteiger partial charge >= 0.3 is 0 Å². The first-order valence-corrected chi connectivity index (χ1v) is 13.6. The van der Waals surface area contributed by atoms with E-state index in [1.165, 1.54) is 24.8 Å². The molecule has 180 valence electrons. The summed E-state index contributed by atoms with van der Waals surface area (Å²) >= 11 is 1.81. The lowest BCUT2D eigenvalue weighted by molar-refractivity contribution is -0.119. The second-order valence-electron chi connectivity index (χ2n) is 7.76. The molecule has 3 rings (SSSR count). The van der Waals surface area contributed by atoms with Crippen LogP contribution in [0.3, 0.4) is 0 Å². The van der Waals surface area contributed by atoms with Crippen molar-refractivity contribution in [1.82, 2.24) is 5.32 Å². The minimum Gasteiger partial charge on any atom is -0.497 e. The first-order chi connectivity index (χ1) is 16.4. The number of hydrogen-bond donors (Lipinski definition) is 1. The molecule has 1 amide bonds. The molecule has 0 heterocycles. The van der Waals surface area contributed by atoms with E-state index in [9.17, 15) is 13.2 Å². The number of nitrogens with one attached hydrogen (secondary N) is 1. The Morgan fingerprint density at radius 1 is 0.971 bits per heavy atom. The number of methoxy groups -OCH3 is 1. The molecule has 3 aromatic carbocycles. The van der Waals surface area contributed by atoms with E-state index < -0.39 is 10.0 Å². The van der Waals surface area contributed by atoms with Crippen LogP contribution in [0.2, 0.25) is 0 Å². The molecule has 0 atom stereocenters. The number of carbonyl (C=O) groups is 1. The summed E-state index contributed by atoms with van der Waals surface area (Å²) in [7, 11) is -2.42. The predicted molar refractivity (Wildman–Crippen MR) is 139 cm³/mol. The van der Waals surface area contributed by atoms with Crippen molar-refractivity contribution < 1.29 is 17.9 Å². The van der Waals surface area contributed by atoms with Gasteiger partial charge in [-0.2, -0.15) is 11.8 Å². The van der Waals surface area contributed by atoms with Gasteiger partial charge in [-0.1, -0.05) is 48.0 Å². The summed E-state index contributed by atoms with van der Waals surface area (Å²) in [6, 6.07) is 23.5. The summed E-state index contributed by atoms with van der Waals surface area (Å²) in [5.41, 5.74) is 2.71. The maximum atomic E-state index is 13.4. The largest absolute Gasteiger partial charge is 0.497 e. The molecule has 0 unspecified atom stereocenters. The number of hydrogen-bond acceptors (Lipinski definition) is 5. The number of rotatable bonds is 12. The lowest BCUT2D eigenvalue weighted by atomic mass is 10.2. The van der Waals surface area contributed by atoms with Gasteiger partial charge in [0.15, 0.2) is 0 Å². The van der Waals surface area contributed by atoms with Gasteiger partial charge in [0, 0.05) is 12.3 Å². The van der Waals surface area contributed by atoms with Crippen molar-refractivity contribution in [3.63, 3.8) is 0 Å². The van der Waals surface area contributed by atoms with E-state index in [1.807, 2.05) is 37.3 Å². The van der Waals surface area contributed by atoms with Gasteiger partial charge in [0.05, 0.1) is 17.7 Å². The average molecular weight is 499 g/mol. The third-order valence-electron chi connectivity index (χ3n) is 5.16. The summed E-state index contributed by atoms with van der Waals surface area (Å²) in [5, 5.41) is 2.86. The standard InChI is InChI=1S/C26H30N2O4S2/c1-21-9-11-23(12-10-21)28(34(30,31)25-15-13-24(32-2)14-16-25)19-26(29)27-17-6-18-33-20-22-7-4-3-5-8-22/h3-5,7-16H,6,17-20H2,1-2H3,(H,27,29). The molecule has 0 saturated carbocycles. The summed E-state index contributed by atoms with van der Waals surface area (Å²) in [5.74, 6) is 2.05. The molecule has 6 nitrogen and oxygen atoms in total. The van der Waals surface area contributed by atoms with E-state index in [0.29, 0.717) is 18.0 Å². The van der Waals surface area contributed by atoms with Gasteiger partial charge in [0.25, 0.3) is 10.0 Å². The fourth-order valence-corrected chi connectivity index (χ4v) is 5.60. The van der Waals surface area contributed by atoms with Gasteiger partial charge in [-0.15, -0.1) is 0 Å². The van der Waals surface area contributed by atoms with Gasteiger partial charge in [-0.25, -0.2) is 8.42 Å². The number of ether oxygens (including phenoxy) is 1. The van der Waals surface area contributed by atoms with E-state index in [-0.39, 0.29) is 17.3 Å². The smallest absolute Gasteiger partial charge is 0.264 e. The maximum absolute atomic E-state index is 13.4. The quantitative estimate of drug-likeness (QED) is 0.368. The highest BCUT2D eigenvalue weighted by atomic mass is 32.2. The summed E-state index contributed by atoms with van der Waals surface area (Å²) in [4.78, 5) is 12.8. The lowest BCUT2D eigenvalue weighted by Gasteiger charge is -2.24. The molecule has 0 spiro atoms. The summed E-state index contributed by atoms with van der Waals surface area (Å²) in [6.07, 6.45) is 0.805. The molecule has 0 bridgehead atoms. The van der Waals surface area contributed by atoms with Crippen LogP contribution in [-0.4, -0.2) is 40.3 Å². The normalized spacial score (nSPS) is 11.1. The molecule has 8 heteroatoms. The topological polar surface area (TPSA) is 75.7 Å². The first-order valence-electron chi connectivity index (χ1n) is 11.0. The fourth-order valence-electron chi connectivity index (χ4n) is 3.25. The van der Waals surface area contributed by atoms with Crippen LogP contribution in [-0.2, 0) is 20.6 Å².